The summed E-state index contributed by atoms with van der Waals surface area (Å²) in [7, 11) is 1.82. The van der Waals surface area contributed by atoms with Crippen LogP contribution in [0.2, 0.25) is 0 Å². The number of rotatable bonds is 10. The molecule has 2 N–H and O–H groups in total. The second-order valence-corrected chi connectivity index (χ2v) is 5.36. The maximum absolute atomic E-state index is 12.7. The molecule has 6 heteroatoms. The topological polar surface area (TPSA) is 35.5 Å². The molecule has 126 valence electrons. The maximum Gasteiger partial charge on any atom is 0.416 e. The van der Waals surface area contributed by atoms with E-state index in [2.05, 4.69) is 5.32 Å². The molecule has 1 aromatic carbocycles. The van der Waals surface area contributed by atoms with E-state index in [9.17, 15) is 13.2 Å². The van der Waals surface area contributed by atoms with Crippen LogP contribution in [0.3, 0.4) is 0 Å². The van der Waals surface area contributed by atoms with Crippen LogP contribution in [0, 0.1) is 0 Å². The van der Waals surface area contributed by atoms with Crippen LogP contribution in [-0.2, 0) is 6.18 Å². The number of halogens is 3. The quantitative estimate of drug-likeness (QED) is 0.650. The zero-order chi connectivity index (χ0) is 16.4. The van der Waals surface area contributed by atoms with Crippen molar-refractivity contribution < 1.29 is 18.3 Å². The molecule has 0 atom stereocenters. The smallest absolute Gasteiger partial charge is 0.395 e. The molecule has 0 aromatic heterocycles. The Morgan fingerprint density at radius 2 is 1.82 bits per heavy atom. The van der Waals surface area contributed by atoms with Crippen molar-refractivity contribution >= 4 is 5.69 Å². The van der Waals surface area contributed by atoms with Gasteiger partial charge in [0.1, 0.15) is 0 Å². The lowest BCUT2D eigenvalue weighted by Crippen LogP contribution is -2.20. The first-order valence-corrected chi connectivity index (χ1v) is 7.65. The van der Waals surface area contributed by atoms with Gasteiger partial charge in [-0.3, -0.25) is 0 Å². The van der Waals surface area contributed by atoms with Gasteiger partial charge in [-0.05, 0) is 37.6 Å². The average Bonchev–Trinajstić information content (AvgIpc) is 2.49. The third-order valence-electron chi connectivity index (χ3n) is 3.50. The molecule has 0 fully saturated rings. The van der Waals surface area contributed by atoms with Gasteiger partial charge in [0.05, 0.1) is 12.2 Å². The van der Waals surface area contributed by atoms with Crippen molar-refractivity contribution in [3.8, 4) is 0 Å². The summed E-state index contributed by atoms with van der Waals surface area (Å²) in [6, 6.07) is 5.44. The van der Waals surface area contributed by atoms with Crippen molar-refractivity contribution in [2.75, 3.05) is 38.2 Å². The Morgan fingerprint density at radius 1 is 1.09 bits per heavy atom. The number of anilines is 1. The van der Waals surface area contributed by atoms with Crippen LogP contribution in [-0.4, -0.2) is 38.4 Å². The molecule has 0 unspecified atom stereocenters. The predicted molar refractivity (Wildman–Crippen MR) is 83.1 cm³/mol. The Morgan fingerprint density at radius 3 is 2.50 bits per heavy atom. The molecule has 1 aromatic rings. The molecule has 1 rings (SSSR count). The van der Waals surface area contributed by atoms with Gasteiger partial charge in [-0.25, -0.2) is 0 Å². The first-order chi connectivity index (χ1) is 10.4. The number of nitrogens with one attached hydrogen (secondary N) is 1. The average molecular weight is 318 g/mol. The van der Waals surface area contributed by atoms with Crippen LogP contribution in [0.25, 0.3) is 0 Å². The fourth-order valence-electron chi connectivity index (χ4n) is 2.21. The molecule has 0 spiro atoms. The summed E-state index contributed by atoms with van der Waals surface area (Å²) < 4.78 is 38.0. The van der Waals surface area contributed by atoms with E-state index >= 15 is 0 Å². The summed E-state index contributed by atoms with van der Waals surface area (Å²) in [5, 5.41) is 11.7. The Kier molecular flexibility index (Phi) is 8.27. The third-order valence-corrected chi connectivity index (χ3v) is 3.50. The van der Waals surface area contributed by atoms with Crippen molar-refractivity contribution in [2.45, 2.75) is 31.9 Å². The highest BCUT2D eigenvalue weighted by Crippen LogP contribution is 2.31. The lowest BCUT2D eigenvalue weighted by Gasteiger charge is -2.20. The highest BCUT2D eigenvalue weighted by atomic mass is 19.4. The highest BCUT2D eigenvalue weighted by Gasteiger charge is 2.30. The molecule has 0 amide bonds. The first kappa shape index (κ1) is 18.8. The number of aliphatic hydroxyl groups is 1. The number of unbranched alkanes of at least 4 members (excludes halogenated alkanes) is 3. The maximum atomic E-state index is 12.7. The van der Waals surface area contributed by atoms with Gasteiger partial charge in [0.15, 0.2) is 0 Å². The van der Waals surface area contributed by atoms with E-state index in [-0.39, 0.29) is 6.61 Å². The van der Waals surface area contributed by atoms with Gasteiger partial charge in [0, 0.05) is 25.8 Å². The van der Waals surface area contributed by atoms with Gasteiger partial charge in [0.25, 0.3) is 0 Å². The summed E-state index contributed by atoms with van der Waals surface area (Å²) >= 11 is 0. The zero-order valence-electron chi connectivity index (χ0n) is 13.0. The van der Waals surface area contributed by atoms with Gasteiger partial charge in [-0.2, -0.15) is 13.2 Å². The van der Waals surface area contributed by atoms with Crippen LogP contribution in [0.15, 0.2) is 24.3 Å². The minimum absolute atomic E-state index is 0.155. The molecular weight excluding hydrogens is 293 g/mol. The van der Waals surface area contributed by atoms with E-state index < -0.39 is 11.7 Å². The van der Waals surface area contributed by atoms with Crippen molar-refractivity contribution in [3.63, 3.8) is 0 Å². The van der Waals surface area contributed by atoms with Crippen molar-refractivity contribution in [1.29, 1.82) is 0 Å². The molecule has 0 aliphatic rings. The molecule has 0 radical (unpaired) electrons. The van der Waals surface area contributed by atoms with E-state index in [1.54, 1.807) is 6.07 Å². The molecule has 0 heterocycles. The summed E-state index contributed by atoms with van der Waals surface area (Å²) in [6.07, 6.45) is -0.169. The predicted octanol–water partition coefficient (Wildman–Crippen LogP) is 3.28. The molecule has 0 bridgehead atoms. The van der Waals surface area contributed by atoms with Crippen LogP contribution in [0.1, 0.15) is 31.2 Å². The highest BCUT2D eigenvalue weighted by molar-refractivity contribution is 5.48. The summed E-state index contributed by atoms with van der Waals surface area (Å²) in [5.41, 5.74) is -0.00811. The molecule has 0 saturated heterocycles. The third kappa shape index (κ3) is 7.13. The number of aliphatic hydroxyl groups excluding tert-OH is 1. The molecule has 3 nitrogen and oxygen atoms in total. The second-order valence-electron chi connectivity index (χ2n) is 5.36. The van der Waals surface area contributed by atoms with E-state index in [1.165, 1.54) is 12.1 Å². The second kappa shape index (κ2) is 9.69. The van der Waals surface area contributed by atoms with Gasteiger partial charge in [-0.15, -0.1) is 0 Å². The Labute approximate surface area is 130 Å². The number of benzene rings is 1. The van der Waals surface area contributed by atoms with Gasteiger partial charge in [-0.1, -0.05) is 18.9 Å². The van der Waals surface area contributed by atoms with Gasteiger partial charge < -0.3 is 15.3 Å². The minimum atomic E-state index is -4.29. The van der Waals surface area contributed by atoms with E-state index in [4.69, 9.17) is 5.11 Å². The Bertz CT molecular complexity index is 424. The molecule has 22 heavy (non-hydrogen) atoms. The van der Waals surface area contributed by atoms with Crippen LogP contribution >= 0.6 is 0 Å². The van der Waals surface area contributed by atoms with Crippen molar-refractivity contribution in [3.05, 3.63) is 29.8 Å². The lowest BCUT2D eigenvalue weighted by atomic mass is 10.1. The Balaban J connectivity index is 2.27. The molecule has 0 aliphatic carbocycles. The van der Waals surface area contributed by atoms with Gasteiger partial charge in [0.2, 0.25) is 0 Å². The number of nitrogens with zero attached hydrogens (tertiary/aromatic N) is 1. The molecule has 0 saturated carbocycles. The zero-order valence-corrected chi connectivity index (χ0v) is 13.0. The fraction of sp³-hybridized carbons (Fsp3) is 0.625. The fourth-order valence-corrected chi connectivity index (χ4v) is 2.21. The monoisotopic (exact) mass is 318 g/mol. The minimum Gasteiger partial charge on any atom is -0.395 e. The van der Waals surface area contributed by atoms with Crippen LogP contribution in [0.4, 0.5) is 18.9 Å². The molecule has 0 aliphatic heterocycles. The summed E-state index contributed by atoms with van der Waals surface area (Å²) in [4.78, 5) is 1.86. The van der Waals surface area contributed by atoms with Gasteiger partial charge >= 0.3 is 6.18 Å². The number of alkyl halides is 3. The molecular formula is C16H25F3N2O. The Hall–Kier alpha value is -1.27. The standard InChI is InChI=1S/C16H25F3N2O/c1-21(11-5-3-2-4-9-20-10-12-22)15-8-6-7-14(13-15)16(17,18)19/h6-8,13,20,22H,2-5,9-12H2,1H3. The van der Waals surface area contributed by atoms with Crippen molar-refractivity contribution in [1.82, 2.24) is 5.32 Å². The SMILES string of the molecule is CN(CCCCCCNCCO)c1cccc(C(F)(F)F)c1. The van der Waals surface area contributed by atoms with E-state index in [0.717, 1.165) is 44.8 Å². The number of hydrogen-bond acceptors (Lipinski definition) is 3. The van der Waals surface area contributed by atoms with E-state index in [0.29, 0.717) is 12.2 Å². The normalized spacial score (nSPS) is 11.7. The summed E-state index contributed by atoms with van der Waals surface area (Å²) in [5.74, 6) is 0. The van der Waals surface area contributed by atoms with Crippen LogP contribution < -0.4 is 10.2 Å². The lowest BCUT2D eigenvalue weighted by molar-refractivity contribution is -0.137. The van der Waals surface area contributed by atoms with E-state index in [1.807, 2.05) is 11.9 Å². The summed E-state index contributed by atoms with van der Waals surface area (Å²) in [6.45, 7) is 2.41. The first-order valence-electron chi connectivity index (χ1n) is 7.65. The van der Waals surface area contributed by atoms with Crippen LogP contribution in [0.5, 0.6) is 0 Å². The largest absolute Gasteiger partial charge is 0.416 e. The number of hydrogen-bond donors (Lipinski definition) is 2. The van der Waals surface area contributed by atoms with Crippen molar-refractivity contribution in [2.24, 2.45) is 0 Å².